The number of aryl methyl sites for hydroxylation is 1. The Kier molecular flexibility index (Phi) is 4.15. The molecule has 1 saturated heterocycles. The minimum atomic E-state index is 0.871. The fourth-order valence-electron chi connectivity index (χ4n) is 1.87. The summed E-state index contributed by atoms with van der Waals surface area (Å²) in [5, 5.41) is 3.40. The fraction of sp³-hybridized carbons (Fsp3) is 0.667. The predicted octanol–water partition coefficient (Wildman–Crippen LogP) is 2.68. The Balaban J connectivity index is 1.68. The Morgan fingerprint density at radius 1 is 1.47 bits per heavy atom. The van der Waals surface area contributed by atoms with E-state index in [0.717, 1.165) is 29.6 Å². The van der Waals surface area contributed by atoms with Gasteiger partial charge in [0.25, 0.3) is 0 Å². The molecule has 1 aliphatic heterocycles. The monoisotopic (exact) mass is 225 g/mol. The summed E-state index contributed by atoms with van der Waals surface area (Å²) in [4.78, 5) is 0. The molecule has 0 radical (unpaired) electrons. The fourth-order valence-corrected chi connectivity index (χ4v) is 2.96. The number of furan rings is 1. The van der Waals surface area contributed by atoms with Crippen LogP contribution in [0.25, 0.3) is 0 Å². The van der Waals surface area contributed by atoms with Crippen molar-refractivity contribution in [2.75, 3.05) is 18.8 Å². The zero-order chi connectivity index (χ0) is 10.5. The Morgan fingerprint density at radius 2 is 2.33 bits per heavy atom. The molecule has 0 aromatic carbocycles. The molecular weight excluding hydrogens is 206 g/mol. The van der Waals surface area contributed by atoms with Crippen molar-refractivity contribution in [1.29, 1.82) is 0 Å². The van der Waals surface area contributed by atoms with E-state index in [2.05, 4.69) is 24.4 Å². The molecule has 1 N–H and O–H groups in total. The maximum absolute atomic E-state index is 5.66. The van der Waals surface area contributed by atoms with Gasteiger partial charge in [-0.1, -0.05) is 6.92 Å². The summed E-state index contributed by atoms with van der Waals surface area (Å²) in [5.74, 6) is 5.39. The second kappa shape index (κ2) is 5.61. The molecule has 2 nitrogen and oxygen atoms in total. The van der Waals surface area contributed by atoms with E-state index in [1.165, 1.54) is 25.3 Å². The molecule has 1 atom stereocenters. The lowest BCUT2D eigenvalue weighted by Gasteiger charge is -2.05. The maximum atomic E-state index is 5.66. The summed E-state index contributed by atoms with van der Waals surface area (Å²) >= 11 is 1.99. The van der Waals surface area contributed by atoms with E-state index in [-0.39, 0.29) is 0 Å². The van der Waals surface area contributed by atoms with E-state index in [4.69, 9.17) is 4.42 Å². The van der Waals surface area contributed by atoms with Crippen molar-refractivity contribution in [3.05, 3.63) is 23.7 Å². The molecule has 1 aromatic heterocycles. The molecule has 2 heterocycles. The molecule has 84 valence electrons. The lowest BCUT2D eigenvalue weighted by molar-refractivity contribution is 0.485. The van der Waals surface area contributed by atoms with Crippen LogP contribution in [0.3, 0.4) is 0 Å². The van der Waals surface area contributed by atoms with Gasteiger partial charge in [-0.3, -0.25) is 0 Å². The van der Waals surface area contributed by atoms with Crippen LogP contribution in [0.2, 0.25) is 0 Å². The molecule has 0 saturated carbocycles. The normalized spacial score (nSPS) is 21.0. The lowest BCUT2D eigenvalue weighted by atomic mass is 10.2. The summed E-state index contributed by atoms with van der Waals surface area (Å²) < 4.78 is 5.66. The van der Waals surface area contributed by atoms with Gasteiger partial charge in [-0.05, 0) is 43.3 Å². The van der Waals surface area contributed by atoms with Crippen LogP contribution >= 0.6 is 11.8 Å². The van der Waals surface area contributed by atoms with Gasteiger partial charge < -0.3 is 9.73 Å². The highest BCUT2D eigenvalue weighted by Crippen LogP contribution is 2.20. The van der Waals surface area contributed by atoms with Gasteiger partial charge >= 0.3 is 0 Å². The second-order valence-electron chi connectivity index (χ2n) is 4.10. The van der Waals surface area contributed by atoms with Crippen molar-refractivity contribution < 1.29 is 4.42 Å². The summed E-state index contributed by atoms with van der Waals surface area (Å²) in [6, 6.07) is 4.20. The minimum absolute atomic E-state index is 0.871. The van der Waals surface area contributed by atoms with Crippen molar-refractivity contribution in [3.8, 4) is 0 Å². The first-order valence-corrected chi connectivity index (χ1v) is 6.90. The number of rotatable bonds is 5. The average molecular weight is 225 g/mol. The van der Waals surface area contributed by atoms with E-state index in [0.29, 0.717) is 0 Å². The topological polar surface area (TPSA) is 25.2 Å². The zero-order valence-electron chi connectivity index (χ0n) is 9.29. The molecule has 0 amide bonds. The molecular formula is C12H19NOS. The third kappa shape index (κ3) is 3.28. The van der Waals surface area contributed by atoms with Crippen LogP contribution in [-0.2, 0) is 12.2 Å². The van der Waals surface area contributed by atoms with Crippen molar-refractivity contribution in [3.63, 3.8) is 0 Å². The molecule has 1 aromatic rings. The number of nitrogens with one attached hydrogen (secondary N) is 1. The SMILES string of the molecule is CCc1ccc(CSCC2CCNC2)o1. The molecule has 0 aliphatic carbocycles. The van der Waals surface area contributed by atoms with Crippen LogP contribution in [0.1, 0.15) is 24.9 Å². The van der Waals surface area contributed by atoms with Crippen LogP contribution < -0.4 is 5.32 Å². The molecule has 1 aliphatic rings. The highest BCUT2D eigenvalue weighted by atomic mass is 32.2. The van der Waals surface area contributed by atoms with Crippen LogP contribution in [0.5, 0.6) is 0 Å². The maximum Gasteiger partial charge on any atom is 0.114 e. The quantitative estimate of drug-likeness (QED) is 0.834. The summed E-state index contributed by atoms with van der Waals surface area (Å²) in [6.07, 6.45) is 2.34. The molecule has 1 fully saturated rings. The Morgan fingerprint density at radius 3 is 3.00 bits per heavy atom. The van der Waals surface area contributed by atoms with Gasteiger partial charge in [0, 0.05) is 6.42 Å². The Bertz CT molecular complexity index is 292. The largest absolute Gasteiger partial charge is 0.465 e. The predicted molar refractivity (Wildman–Crippen MR) is 65.2 cm³/mol. The Labute approximate surface area is 95.8 Å². The highest BCUT2D eigenvalue weighted by molar-refractivity contribution is 7.98. The Hall–Kier alpha value is -0.410. The summed E-state index contributed by atoms with van der Waals surface area (Å²) in [6.45, 7) is 4.53. The van der Waals surface area contributed by atoms with Gasteiger partial charge in [0.05, 0.1) is 5.75 Å². The van der Waals surface area contributed by atoms with Gasteiger partial charge in [-0.25, -0.2) is 0 Å². The van der Waals surface area contributed by atoms with E-state index < -0.39 is 0 Å². The number of thioether (sulfide) groups is 1. The van der Waals surface area contributed by atoms with Gasteiger partial charge in [-0.2, -0.15) is 11.8 Å². The number of hydrogen-bond acceptors (Lipinski definition) is 3. The number of hydrogen-bond donors (Lipinski definition) is 1. The first-order valence-electron chi connectivity index (χ1n) is 5.74. The standard InChI is InChI=1S/C12H19NOS/c1-2-11-3-4-12(14-11)9-15-8-10-5-6-13-7-10/h3-4,10,13H,2,5-9H2,1H3. The molecule has 0 spiro atoms. The molecule has 3 heteroatoms. The van der Waals surface area contributed by atoms with Gasteiger partial charge in [-0.15, -0.1) is 0 Å². The van der Waals surface area contributed by atoms with Gasteiger partial charge in [0.1, 0.15) is 11.5 Å². The minimum Gasteiger partial charge on any atom is -0.465 e. The first kappa shape index (κ1) is 11.1. The van der Waals surface area contributed by atoms with Gasteiger partial charge in [0.2, 0.25) is 0 Å². The van der Waals surface area contributed by atoms with E-state index in [1.807, 2.05) is 11.8 Å². The first-order chi connectivity index (χ1) is 7.38. The summed E-state index contributed by atoms with van der Waals surface area (Å²) in [7, 11) is 0. The van der Waals surface area contributed by atoms with Crippen molar-refractivity contribution in [2.45, 2.75) is 25.5 Å². The van der Waals surface area contributed by atoms with Crippen LogP contribution in [0.15, 0.2) is 16.5 Å². The smallest absolute Gasteiger partial charge is 0.114 e. The van der Waals surface area contributed by atoms with E-state index in [1.54, 1.807) is 0 Å². The molecule has 0 bridgehead atoms. The van der Waals surface area contributed by atoms with Crippen LogP contribution in [0, 0.1) is 5.92 Å². The van der Waals surface area contributed by atoms with Crippen molar-refractivity contribution in [2.24, 2.45) is 5.92 Å². The van der Waals surface area contributed by atoms with Crippen molar-refractivity contribution in [1.82, 2.24) is 5.32 Å². The summed E-state index contributed by atoms with van der Waals surface area (Å²) in [5.41, 5.74) is 0. The molecule has 1 unspecified atom stereocenters. The van der Waals surface area contributed by atoms with Crippen LogP contribution in [-0.4, -0.2) is 18.8 Å². The molecule has 2 rings (SSSR count). The second-order valence-corrected chi connectivity index (χ2v) is 5.13. The highest BCUT2D eigenvalue weighted by Gasteiger charge is 2.14. The van der Waals surface area contributed by atoms with Crippen LogP contribution in [0.4, 0.5) is 0 Å². The molecule has 15 heavy (non-hydrogen) atoms. The van der Waals surface area contributed by atoms with E-state index >= 15 is 0 Å². The van der Waals surface area contributed by atoms with E-state index in [9.17, 15) is 0 Å². The average Bonchev–Trinajstić information content (AvgIpc) is 2.88. The third-order valence-corrected chi connectivity index (χ3v) is 4.02. The van der Waals surface area contributed by atoms with Gasteiger partial charge in [0.15, 0.2) is 0 Å². The third-order valence-electron chi connectivity index (χ3n) is 2.83. The van der Waals surface area contributed by atoms with Crippen molar-refractivity contribution >= 4 is 11.8 Å². The lowest BCUT2D eigenvalue weighted by Crippen LogP contribution is -2.10. The zero-order valence-corrected chi connectivity index (χ0v) is 10.1.